The van der Waals surface area contributed by atoms with Crippen LogP contribution in [0, 0.1) is 5.82 Å². The van der Waals surface area contributed by atoms with Gasteiger partial charge in [-0.2, -0.15) is 0 Å². The van der Waals surface area contributed by atoms with E-state index in [2.05, 4.69) is 4.98 Å². The molecule has 1 aromatic carbocycles. The second-order valence-corrected chi connectivity index (χ2v) is 6.35. The number of nitrogens with zero attached hydrogens (tertiary/aromatic N) is 1. The highest BCUT2D eigenvalue weighted by atomic mass is 19.1. The molecule has 1 saturated carbocycles. The van der Waals surface area contributed by atoms with Crippen molar-refractivity contribution in [1.82, 2.24) is 9.55 Å². The topological polar surface area (TPSA) is 133 Å². The van der Waals surface area contributed by atoms with Gasteiger partial charge in [0.2, 0.25) is 5.78 Å². The van der Waals surface area contributed by atoms with Crippen molar-refractivity contribution < 1.29 is 23.5 Å². The van der Waals surface area contributed by atoms with Crippen molar-refractivity contribution in [3.8, 4) is 5.75 Å². The number of esters is 1. The van der Waals surface area contributed by atoms with E-state index < -0.39 is 41.0 Å². The van der Waals surface area contributed by atoms with Gasteiger partial charge in [0.05, 0.1) is 13.5 Å². The Bertz CT molecular complexity index is 1050. The number of nitrogens with one attached hydrogen (secondary N) is 1. The van der Waals surface area contributed by atoms with E-state index in [1.54, 1.807) is 0 Å². The van der Waals surface area contributed by atoms with Crippen LogP contribution < -0.4 is 21.7 Å². The van der Waals surface area contributed by atoms with Crippen molar-refractivity contribution >= 4 is 17.6 Å². The van der Waals surface area contributed by atoms with Crippen LogP contribution in [-0.2, 0) is 16.0 Å². The summed E-state index contributed by atoms with van der Waals surface area (Å²) in [5, 5.41) is 0. The third-order valence-electron chi connectivity index (χ3n) is 4.30. The lowest BCUT2D eigenvalue weighted by Gasteiger charge is -2.11. The fourth-order valence-electron chi connectivity index (χ4n) is 2.79. The minimum atomic E-state index is -0.933. The number of carbonyl (C=O) groups excluding carboxylic acids is 2. The van der Waals surface area contributed by atoms with E-state index in [9.17, 15) is 23.6 Å². The molecule has 1 fully saturated rings. The molecule has 0 radical (unpaired) electrons. The van der Waals surface area contributed by atoms with E-state index in [0.717, 1.165) is 23.5 Å². The average molecular weight is 391 g/mol. The Kier molecular flexibility index (Phi) is 5.30. The first-order valence-corrected chi connectivity index (χ1v) is 8.47. The van der Waals surface area contributed by atoms with Gasteiger partial charge in [-0.15, -0.1) is 0 Å². The zero-order valence-corrected chi connectivity index (χ0v) is 15.0. The Morgan fingerprint density at radius 1 is 1.32 bits per heavy atom. The number of hydrogen-bond donors (Lipinski definition) is 2. The second-order valence-electron chi connectivity index (χ2n) is 6.35. The molecule has 0 unspecified atom stereocenters. The quantitative estimate of drug-likeness (QED) is 0.521. The molecule has 1 aliphatic rings. The molecule has 3 N–H and O–H groups in total. The van der Waals surface area contributed by atoms with Crippen LogP contribution in [0.1, 0.15) is 34.8 Å². The summed E-state index contributed by atoms with van der Waals surface area (Å²) in [6.07, 6.45) is 1.16. The Hall–Kier alpha value is -3.43. The van der Waals surface area contributed by atoms with Gasteiger partial charge >= 0.3 is 11.7 Å². The smallest absolute Gasteiger partial charge is 0.330 e. The van der Waals surface area contributed by atoms with Gasteiger partial charge in [0.15, 0.2) is 18.2 Å². The van der Waals surface area contributed by atoms with Crippen molar-refractivity contribution in [3.05, 3.63) is 56.0 Å². The maximum atomic E-state index is 13.7. The summed E-state index contributed by atoms with van der Waals surface area (Å²) in [6.45, 7) is -0.729. The Morgan fingerprint density at radius 2 is 2.04 bits per heavy atom. The molecule has 1 aromatic heterocycles. The summed E-state index contributed by atoms with van der Waals surface area (Å²) in [5.74, 6) is -2.46. The lowest BCUT2D eigenvalue weighted by atomic mass is 10.1. The molecule has 0 spiro atoms. The number of H-pyrrole nitrogens is 1. The number of aromatic nitrogens is 2. The highest BCUT2D eigenvalue weighted by molar-refractivity contribution is 6.01. The minimum absolute atomic E-state index is 0.0350. The Morgan fingerprint density at radius 3 is 2.64 bits per heavy atom. The van der Waals surface area contributed by atoms with Crippen molar-refractivity contribution in [2.75, 3.05) is 19.5 Å². The zero-order chi connectivity index (χ0) is 20.4. The maximum absolute atomic E-state index is 13.7. The number of ether oxygens (including phenoxy) is 2. The van der Waals surface area contributed by atoms with E-state index in [1.807, 2.05) is 0 Å². The molecule has 9 nitrogen and oxygen atoms in total. The number of hydrogen-bond acceptors (Lipinski definition) is 7. The molecular weight excluding hydrogens is 373 g/mol. The Balaban J connectivity index is 1.68. The van der Waals surface area contributed by atoms with Gasteiger partial charge in [0.1, 0.15) is 11.4 Å². The number of halogens is 1. The average Bonchev–Trinajstić information content (AvgIpc) is 3.44. The number of aromatic amines is 1. The van der Waals surface area contributed by atoms with Crippen LogP contribution in [0.5, 0.6) is 5.75 Å². The molecule has 0 saturated heterocycles. The summed E-state index contributed by atoms with van der Waals surface area (Å²) in [4.78, 5) is 50.1. The number of nitrogens with two attached hydrogens (primary N) is 1. The van der Waals surface area contributed by atoms with Gasteiger partial charge in [-0.25, -0.2) is 9.18 Å². The predicted molar refractivity (Wildman–Crippen MR) is 96.0 cm³/mol. The highest BCUT2D eigenvalue weighted by Gasteiger charge is 2.30. The zero-order valence-electron chi connectivity index (χ0n) is 15.0. The number of ketones is 1. The molecule has 1 heterocycles. The summed E-state index contributed by atoms with van der Waals surface area (Å²) in [7, 11) is 1.32. The molecule has 0 bridgehead atoms. The number of Topliss-reactive ketones (excluding diaryl/α,β-unsaturated/α-hetero) is 1. The summed E-state index contributed by atoms with van der Waals surface area (Å²) < 4.78 is 24.5. The Labute approximate surface area is 157 Å². The molecule has 28 heavy (non-hydrogen) atoms. The first-order valence-electron chi connectivity index (χ1n) is 8.47. The van der Waals surface area contributed by atoms with Crippen LogP contribution >= 0.6 is 0 Å². The van der Waals surface area contributed by atoms with Crippen molar-refractivity contribution in [1.29, 1.82) is 0 Å². The lowest BCUT2D eigenvalue weighted by molar-refractivity contribution is -0.141. The molecule has 0 aliphatic heterocycles. The first kappa shape index (κ1) is 19.3. The van der Waals surface area contributed by atoms with Gasteiger partial charge in [-0.1, -0.05) is 6.07 Å². The molecule has 0 amide bonds. The normalized spacial score (nSPS) is 13.2. The number of carbonyl (C=O) groups is 2. The van der Waals surface area contributed by atoms with Crippen molar-refractivity contribution in [2.45, 2.75) is 25.3 Å². The van der Waals surface area contributed by atoms with Gasteiger partial charge in [0.25, 0.3) is 5.56 Å². The van der Waals surface area contributed by atoms with Crippen molar-refractivity contribution in [3.63, 3.8) is 0 Å². The van der Waals surface area contributed by atoms with Gasteiger partial charge in [-0.05, 0) is 30.5 Å². The summed E-state index contributed by atoms with van der Waals surface area (Å²) in [5.41, 5.74) is 4.12. The van der Waals surface area contributed by atoms with Crippen LogP contribution in [0.15, 0.2) is 27.8 Å². The standard InChI is InChI=1S/C18H18FN3O6/c1-27-13-5-2-9(6-11(13)19)7-14(24)28-8-12(23)15-16(20)22(10-3-4-10)18(26)21-17(15)25/h2,5-6,10H,3-4,7-8,20H2,1H3,(H,21,25,26). The van der Waals surface area contributed by atoms with Crippen LogP contribution in [0.2, 0.25) is 0 Å². The second kappa shape index (κ2) is 7.67. The van der Waals surface area contributed by atoms with E-state index in [0.29, 0.717) is 5.56 Å². The predicted octanol–water partition coefficient (Wildman–Crippen LogP) is 0.570. The van der Waals surface area contributed by atoms with E-state index in [4.69, 9.17) is 15.2 Å². The summed E-state index contributed by atoms with van der Waals surface area (Å²) >= 11 is 0. The third-order valence-corrected chi connectivity index (χ3v) is 4.30. The molecule has 2 aromatic rings. The maximum Gasteiger partial charge on any atom is 0.330 e. The molecule has 148 valence electrons. The van der Waals surface area contributed by atoms with Crippen LogP contribution in [0.4, 0.5) is 10.2 Å². The fraction of sp³-hybridized carbons (Fsp3) is 0.333. The van der Waals surface area contributed by atoms with E-state index in [1.165, 1.54) is 19.2 Å². The number of nitrogen functional groups attached to an aromatic ring is 1. The molecule has 10 heteroatoms. The molecule has 0 atom stereocenters. The molecule has 3 rings (SSSR count). The minimum Gasteiger partial charge on any atom is -0.494 e. The molecular formula is C18H18FN3O6. The SMILES string of the molecule is COc1ccc(CC(=O)OCC(=O)c2c(N)n(C3CC3)c(=O)[nH]c2=O)cc1F. The summed E-state index contributed by atoms with van der Waals surface area (Å²) in [6, 6.07) is 3.82. The van der Waals surface area contributed by atoms with Crippen LogP contribution in [0.25, 0.3) is 0 Å². The van der Waals surface area contributed by atoms with E-state index in [-0.39, 0.29) is 24.0 Å². The monoisotopic (exact) mass is 391 g/mol. The van der Waals surface area contributed by atoms with Crippen LogP contribution in [-0.4, -0.2) is 35.0 Å². The number of benzene rings is 1. The first-order chi connectivity index (χ1) is 13.3. The van der Waals surface area contributed by atoms with Gasteiger partial charge < -0.3 is 15.2 Å². The van der Waals surface area contributed by atoms with Gasteiger partial charge in [0, 0.05) is 6.04 Å². The number of methoxy groups -OCH3 is 1. The molecule has 1 aliphatic carbocycles. The van der Waals surface area contributed by atoms with Crippen LogP contribution in [0.3, 0.4) is 0 Å². The number of rotatable bonds is 7. The number of anilines is 1. The highest BCUT2D eigenvalue weighted by Crippen LogP contribution is 2.35. The fourth-order valence-corrected chi connectivity index (χ4v) is 2.79. The van der Waals surface area contributed by atoms with E-state index >= 15 is 0 Å². The van der Waals surface area contributed by atoms with Crippen molar-refractivity contribution in [2.24, 2.45) is 0 Å². The lowest BCUT2D eigenvalue weighted by Crippen LogP contribution is -2.36. The van der Waals surface area contributed by atoms with Gasteiger partial charge in [-0.3, -0.25) is 23.9 Å². The third kappa shape index (κ3) is 3.95. The largest absolute Gasteiger partial charge is 0.494 e.